The highest BCUT2D eigenvalue weighted by molar-refractivity contribution is 7.62. The van der Waals surface area contributed by atoms with Gasteiger partial charge in [0.25, 0.3) is 0 Å². The third-order valence-corrected chi connectivity index (χ3v) is 4.92. The van der Waals surface area contributed by atoms with Gasteiger partial charge in [-0.2, -0.15) is 0 Å². The molecule has 0 spiro atoms. The van der Waals surface area contributed by atoms with E-state index >= 15 is 0 Å². The molecular formula is C14H25O6P. The van der Waals surface area contributed by atoms with Crippen molar-refractivity contribution in [3.63, 3.8) is 0 Å². The fourth-order valence-electron chi connectivity index (χ4n) is 2.85. The van der Waals surface area contributed by atoms with Crippen molar-refractivity contribution in [2.24, 2.45) is 11.8 Å². The lowest BCUT2D eigenvalue weighted by Crippen LogP contribution is -2.34. The number of esters is 2. The Labute approximate surface area is 125 Å². The van der Waals surface area contributed by atoms with E-state index in [1.807, 2.05) is 13.8 Å². The first kappa shape index (κ1) is 18.2. The van der Waals surface area contributed by atoms with Gasteiger partial charge in [0.2, 0.25) is 6.29 Å². The summed E-state index contributed by atoms with van der Waals surface area (Å²) in [6.07, 6.45) is -1.28. The van der Waals surface area contributed by atoms with Gasteiger partial charge < -0.3 is 18.8 Å². The molecule has 122 valence electrons. The lowest BCUT2D eigenvalue weighted by Gasteiger charge is -2.24. The number of ether oxygens (including phenoxy) is 3. The SMILES string of the molecule is CC(=O)OC1O[C@H]([C@@H](C)CP(C)(C)=O)[C@@H](C)[C@H]1OC(C)=O. The normalized spacial score (nSPS) is 30.8. The molecule has 1 aliphatic heterocycles. The van der Waals surface area contributed by atoms with E-state index in [0.717, 1.165) is 0 Å². The minimum Gasteiger partial charge on any atom is -0.455 e. The van der Waals surface area contributed by atoms with Crippen LogP contribution in [0.15, 0.2) is 0 Å². The lowest BCUT2D eigenvalue weighted by atomic mass is 9.92. The first-order valence-electron chi connectivity index (χ1n) is 7.05. The monoisotopic (exact) mass is 320 g/mol. The third kappa shape index (κ3) is 5.44. The molecule has 7 heteroatoms. The topological polar surface area (TPSA) is 78.9 Å². The molecule has 0 aliphatic carbocycles. The van der Waals surface area contributed by atoms with Crippen LogP contribution in [-0.2, 0) is 28.4 Å². The Kier molecular flexibility index (Phi) is 6.00. The Hall–Kier alpha value is -0.870. The first-order chi connectivity index (χ1) is 9.51. The number of hydrogen-bond acceptors (Lipinski definition) is 6. The summed E-state index contributed by atoms with van der Waals surface area (Å²) in [4.78, 5) is 22.4. The van der Waals surface area contributed by atoms with Gasteiger partial charge in [-0.15, -0.1) is 0 Å². The van der Waals surface area contributed by atoms with E-state index in [9.17, 15) is 14.2 Å². The molecule has 6 nitrogen and oxygen atoms in total. The summed E-state index contributed by atoms with van der Waals surface area (Å²) in [6, 6.07) is 0. The fraction of sp³-hybridized carbons (Fsp3) is 0.857. The minimum absolute atomic E-state index is 0.0134. The second-order valence-corrected chi connectivity index (χ2v) is 9.76. The highest BCUT2D eigenvalue weighted by Crippen LogP contribution is 2.43. The summed E-state index contributed by atoms with van der Waals surface area (Å²) in [5.74, 6) is -1.06. The van der Waals surface area contributed by atoms with Crippen molar-refractivity contribution in [3.05, 3.63) is 0 Å². The van der Waals surface area contributed by atoms with Crippen LogP contribution in [0.1, 0.15) is 27.7 Å². The first-order valence-corrected chi connectivity index (χ1v) is 9.84. The van der Waals surface area contributed by atoms with E-state index < -0.39 is 31.5 Å². The Balaban J connectivity index is 2.86. The summed E-state index contributed by atoms with van der Waals surface area (Å²) in [5.41, 5.74) is 0. The third-order valence-electron chi connectivity index (χ3n) is 3.47. The van der Waals surface area contributed by atoms with Crippen molar-refractivity contribution in [1.29, 1.82) is 0 Å². The van der Waals surface area contributed by atoms with Crippen molar-refractivity contribution >= 4 is 19.1 Å². The van der Waals surface area contributed by atoms with Gasteiger partial charge in [-0.05, 0) is 19.2 Å². The number of rotatable bonds is 5. The maximum absolute atomic E-state index is 12.0. The van der Waals surface area contributed by atoms with E-state index in [2.05, 4.69) is 0 Å². The zero-order valence-electron chi connectivity index (χ0n) is 13.5. The van der Waals surface area contributed by atoms with Crippen LogP contribution in [0.2, 0.25) is 0 Å². The molecule has 0 amide bonds. The average Bonchev–Trinajstić information content (AvgIpc) is 2.54. The smallest absolute Gasteiger partial charge is 0.305 e. The fourth-order valence-corrected chi connectivity index (χ4v) is 4.45. The molecule has 0 saturated carbocycles. The molecule has 5 atom stereocenters. The number of carbonyl (C=O) groups is 2. The Morgan fingerprint density at radius 1 is 1.19 bits per heavy atom. The van der Waals surface area contributed by atoms with Gasteiger partial charge in [0.15, 0.2) is 6.10 Å². The zero-order chi connectivity index (χ0) is 16.4. The van der Waals surface area contributed by atoms with Gasteiger partial charge in [0.1, 0.15) is 0 Å². The lowest BCUT2D eigenvalue weighted by molar-refractivity contribution is -0.196. The maximum Gasteiger partial charge on any atom is 0.305 e. The molecule has 1 aliphatic rings. The summed E-state index contributed by atoms with van der Waals surface area (Å²) in [7, 11) is -2.19. The van der Waals surface area contributed by atoms with Gasteiger partial charge in [0.05, 0.1) is 13.2 Å². The molecule has 0 bridgehead atoms. The Morgan fingerprint density at radius 3 is 2.14 bits per heavy atom. The molecule has 0 aromatic carbocycles. The largest absolute Gasteiger partial charge is 0.455 e. The Bertz CT molecular complexity index is 443. The maximum atomic E-state index is 12.0. The van der Waals surface area contributed by atoms with Gasteiger partial charge >= 0.3 is 11.9 Å². The van der Waals surface area contributed by atoms with Crippen LogP contribution >= 0.6 is 7.14 Å². The van der Waals surface area contributed by atoms with Crippen molar-refractivity contribution in [1.82, 2.24) is 0 Å². The van der Waals surface area contributed by atoms with Crippen LogP contribution in [0.3, 0.4) is 0 Å². The second kappa shape index (κ2) is 6.93. The van der Waals surface area contributed by atoms with E-state index in [1.165, 1.54) is 13.8 Å². The van der Waals surface area contributed by atoms with Crippen LogP contribution in [0.4, 0.5) is 0 Å². The molecule has 0 aromatic heterocycles. The predicted octanol–water partition coefficient (Wildman–Crippen LogP) is 2.10. The molecule has 1 unspecified atom stereocenters. The van der Waals surface area contributed by atoms with E-state index in [0.29, 0.717) is 6.16 Å². The molecule has 0 N–H and O–H groups in total. The standard InChI is InChI=1S/C14H25O6P/c1-8(7-21(5,6)17)12-9(2)13(18-10(3)15)14(20-12)19-11(4)16/h8-9,12-14H,7H2,1-6H3/t8-,9+,12+,13+,14?/m0/s1. The molecule has 1 heterocycles. The molecule has 0 radical (unpaired) electrons. The van der Waals surface area contributed by atoms with Gasteiger partial charge in [0, 0.05) is 25.9 Å². The summed E-state index contributed by atoms with van der Waals surface area (Å²) in [5, 5.41) is 0. The van der Waals surface area contributed by atoms with Crippen molar-refractivity contribution in [2.75, 3.05) is 19.5 Å². The van der Waals surface area contributed by atoms with Crippen LogP contribution in [0.25, 0.3) is 0 Å². The molecule has 1 fully saturated rings. The van der Waals surface area contributed by atoms with Gasteiger partial charge in [-0.1, -0.05) is 13.8 Å². The predicted molar refractivity (Wildman–Crippen MR) is 78.6 cm³/mol. The molecule has 1 rings (SSSR count). The minimum atomic E-state index is -2.19. The highest BCUT2D eigenvalue weighted by atomic mass is 31.2. The summed E-state index contributed by atoms with van der Waals surface area (Å²) < 4.78 is 28.1. The van der Waals surface area contributed by atoms with Gasteiger partial charge in [-0.3, -0.25) is 9.59 Å². The second-order valence-electron chi connectivity index (χ2n) is 6.25. The van der Waals surface area contributed by atoms with Crippen LogP contribution in [0.5, 0.6) is 0 Å². The van der Waals surface area contributed by atoms with E-state index in [4.69, 9.17) is 14.2 Å². The summed E-state index contributed by atoms with van der Waals surface area (Å²) >= 11 is 0. The zero-order valence-corrected chi connectivity index (χ0v) is 14.4. The van der Waals surface area contributed by atoms with Crippen molar-refractivity contribution in [2.45, 2.75) is 46.2 Å². The number of carbonyl (C=O) groups excluding carboxylic acids is 2. The molecule has 0 aromatic rings. The number of hydrogen-bond donors (Lipinski definition) is 0. The highest BCUT2D eigenvalue weighted by Gasteiger charge is 2.48. The molecule has 1 saturated heterocycles. The summed E-state index contributed by atoms with van der Waals surface area (Å²) in [6.45, 7) is 9.88. The quantitative estimate of drug-likeness (QED) is 0.570. The van der Waals surface area contributed by atoms with E-state index in [1.54, 1.807) is 13.3 Å². The van der Waals surface area contributed by atoms with Crippen LogP contribution in [0, 0.1) is 11.8 Å². The van der Waals surface area contributed by atoms with Crippen molar-refractivity contribution < 1.29 is 28.4 Å². The molecular weight excluding hydrogens is 295 g/mol. The Morgan fingerprint density at radius 2 is 1.71 bits per heavy atom. The van der Waals surface area contributed by atoms with Crippen LogP contribution in [-0.4, -0.2) is 49.9 Å². The van der Waals surface area contributed by atoms with Gasteiger partial charge in [-0.25, -0.2) is 0 Å². The van der Waals surface area contributed by atoms with E-state index in [-0.39, 0.29) is 17.9 Å². The molecule has 21 heavy (non-hydrogen) atoms. The van der Waals surface area contributed by atoms with Crippen LogP contribution < -0.4 is 0 Å². The average molecular weight is 320 g/mol. The van der Waals surface area contributed by atoms with Crippen molar-refractivity contribution in [3.8, 4) is 0 Å².